The van der Waals surface area contributed by atoms with E-state index in [0.29, 0.717) is 11.8 Å². The van der Waals surface area contributed by atoms with E-state index < -0.39 is 0 Å². The Hall–Kier alpha value is -0.820. The van der Waals surface area contributed by atoms with Gasteiger partial charge >= 0.3 is 0 Å². The van der Waals surface area contributed by atoms with Gasteiger partial charge in [-0.1, -0.05) is 23.9 Å². The fourth-order valence-electron chi connectivity index (χ4n) is 2.55. The van der Waals surface area contributed by atoms with Gasteiger partial charge in [0.05, 0.1) is 16.0 Å². The zero-order chi connectivity index (χ0) is 14.7. The molecular weight excluding hydrogens is 338 g/mol. The van der Waals surface area contributed by atoms with Gasteiger partial charge in [0, 0.05) is 19.1 Å². The van der Waals surface area contributed by atoms with Crippen molar-refractivity contribution in [2.75, 3.05) is 25.9 Å². The molecule has 0 saturated carbocycles. The number of carbonyl (C=O) groups excluding carboxylic acids is 1. The van der Waals surface area contributed by atoms with Gasteiger partial charge in [0.1, 0.15) is 0 Å². The van der Waals surface area contributed by atoms with Gasteiger partial charge < -0.3 is 10.2 Å². The molecule has 2 aromatic rings. The number of nitrogens with one attached hydrogen (secondary N) is 1. The Labute approximate surface area is 145 Å². The van der Waals surface area contributed by atoms with Crippen LogP contribution in [0.3, 0.4) is 0 Å². The quantitative estimate of drug-likeness (QED) is 0.854. The summed E-state index contributed by atoms with van der Waals surface area (Å²) in [5, 5.41) is 3.28. The van der Waals surface area contributed by atoms with Crippen LogP contribution in [0, 0.1) is 0 Å². The van der Waals surface area contributed by atoms with Gasteiger partial charge in [-0.25, -0.2) is 4.98 Å². The van der Waals surface area contributed by atoms with E-state index in [-0.39, 0.29) is 18.3 Å². The number of aromatic nitrogens is 1. The first-order chi connectivity index (χ1) is 10.3. The van der Waals surface area contributed by atoms with E-state index in [4.69, 9.17) is 0 Å². The summed E-state index contributed by atoms with van der Waals surface area (Å²) in [4.78, 5) is 18.8. The van der Waals surface area contributed by atoms with Crippen LogP contribution in [0.4, 0.5) is 0 Å². The van der Waals surface area contributed by atoms with Crippen LogP contribution in [0.5, 0.6) is 0 Å². The first-order valence-electron chi connectivity index (χ1n) is 7.19. The lowest BCUT2D eigenvalue weighted by molar-refractivity contribution is -0.129. The standard InChI is InChI=1S/C15H19N3OS2.ClH/c1-16-11-6-8-18(9-7-11)14(19)10-20-15-17-12-4-2-3-5-13(12)21-15;/h2-5,11,16H,6-10H2,1H3;1H. The van der Waals surface area contributed by atoms with E-state index in [0.717, 1.165) is 35.8 Å². The lowest BCUT2D eigenvalue weighted by Crippen LogP contribution is -2.44. The molecule has 0 spiro atoms. The number of halogens is 1. The number of carbonyl (C=O) groups is 1. The van der Waals surface area contributed by atoms with Crippen LogP contribution >= 0.6 is 35.5 Å². The van der Waals surface area contributed by atoms with Gasteiger partial charge in [-0.05, 0) is 32.0 Å². The summed E-state index contributed by atoms with van der Waals surface area (Å²) in [5.41, 5.74) is 1.02. The number of piperidine rings is 1. The molecule has 22 heavy (non-hydrogen) atoms. The van der Waals surface area contributed by atoms with Gasteiger partial charge in [0.15, 0.2) is 4.34 Å². The summed E-state index contributed by atoms with van der Waals surface area (Å²) in [6.07, 6.45) is 2.10. The highest BCUT2D eigenvalue weighted by Crippen LogP contribution is 2.29. The molecule has 0 unspecified atom stereocenters. The van der Waals surface area contributed by atoms with Crippen molar-refractivity contribution in [3.63, 3.8) is 0 Å². The molecule has 0 atom stereocenters. The molecule has 0 aliphatic carbocycles. The number of nitrogens with zero attached hydrogens (tertiary/aromatic N) is 2. The first-order valence-corrected chi connectivity index (χ1v) is 9.00. The van der Waals surface area contributed by atoms with Crippen LogP contribution < -0.4 is 5.32 Å². The van der Waals surface area contributed by atoms with Gasteiger partial charge in [0.25, 0.3) is 0 Å². The molecule has 1 aromatic carbocycles. The number of benzene rings is 1. The third kappa shape index (κ3) is 4.13. The minimum absolute atomic E-state index is 0. The normalized spacial score (nSPS) is 15.8. The zero-order valence-corrected chi connectivity index (χ0v) is 14.9. The number of likely N-dealkylation sites (tertiary alicyclic amines) is 1. The van der Waals surface area contributed by atoms with Crippen molar-refractivity contribution in [3.05, 3.63) is 24.3 Å². The molecule has 4 nitrogen and oxygen atoms in total. The first kappa shape index (κ1) is 17.5. The summed E-state index contributed by atoms with van der Waals surface area (Å²) < 4.78 is 2.16. The van der Waals surface area contributed by atoms with Crippen molar-refractivity contribution in [2.24, 2.45) is 0 Å². The summed E-state index contributed by atoms with van der Waals surface area (Å²) >= 11 is 3.22. The van der Waals surface area contributed by atoms with Crippen LogP contribution in [-0.4, -0.2) is 47.7 Å². The predicted molar refractivity (Wildman–Crippen MR) is 96.3 cm³/mol. The average Bonchev–Trinajstić information content (AvgIpc) is 2.95. The third-order valence-corrected chi connectivity index (χ3v) is 6.01. The van der Waals surface area contributed by atoms with Crippen molar-refractivity contribution < 1.29 is 4.79 Å². The Morgan fingerprint density at radius 3 is 2.82 bits per heavy atom. The molecular formula is C15H20ClN3OS2. The van der Waals surface area contributed by atoms with E-state index in [1.54, 1.807) is 23.1 Å². The monoisotopic (exact) mass is 357 g/mol. The van der Waals surface area contributed by atoms with Gasteiger partial charge in [-0.15, -0.1) is 23.7 Å². The number of rotatable bonds is 4. The molecule has 120 valence electrons. The Balaban J connectivity index is 0.00000176. The maximum absolute atomic E-state index is 12.2. The molecule has 3 rings (SSSR count). The summed E-state index contributed by atoms with van der Waals surface area (Å²) in [6, 6.07) is 8.66. The number of hydrogen-bond acceptors (Lipinski definition) is 5. The fraction of sp³-hybridized carbons (Fsp3) is 0.467. The smallest absolute Gasteiger partial charge is 0.233 e. The molecule has 2 heterocycles. The molecule has 7 heteroatoms. The number of fused-ring (bicyclic) bond motifs is 1. The fourth-order valence-corrected chi connectivity index (χ4v) is 4.52. The number of para-hydroxylation sites is 1. The number of thiazole rings is 1. The van der Waals surface area contributed by atoms with Crippen molar-refractivity contribution in [1.29, 1.82) is 0 Å². The van der Waals surface area contributed by atoms with E-state index in [1.807, 2.05) is 30.1 Å². The van der Waals surface area contributed by atoms with E-state index in [9.17, 15) is 4.79 Å². The van der Waals surface area contributed by atoms with Gasteiger partial charge in [0.2, 0.25) is 5.91 Å². The molecule has 1 aliphatic rings. The van der Waals surface area contributed by atoms with Gasteiger partial charge in [-0.2, -0.15) is 0 Å². The second-order valence-corrected chi connectivity index (χ2v) is 7.43. The highest BCUT2D eigenvalue weighted by molar-refractivity contribution is 8.01. The minimum Gasteiger partial charge on any atom is -0.342 e. The molecule has 1 aliphatic heterocycles. The highest BCUT2D eigenvalue weighted by Gasteiger charge is 2.21. The maximum Gasteiger partial charge on any atom is 0.233 e. The second-order valence-electron chi connectivity index (χ2n) is 5.18. The van der Waals surface area contributed by atoms with Crippen LogP contribution in [0.2, 0.25) is 0 Å². The second kappa shape index (κ2) is 8.15. The molecule has 1 aromatic heterocycles. The third-order valence-electron chi connectivity index (χ3n) is 3.85. The lowest BCUT2D eigenvalue weighted by Gasteiger charge is -2.31. The highest BCUT2D eigenvalue weighted by atomic mass is 35.5. The van der Waals surface area contributed by atoms with Crippen molar-refractivity contribution in [1.82, 2.24) is 15.2 Å². The molecule has 0 radical (unpaired) electrons. The molecule has 1 N–H and O–H groups in total. The SMILES string of the molecule is CNC1CCN(C(=O)CSc2nc3ccccc3s2)CC1.Cl. The molecule has 0 bridgehead atoms. The lowest BCUT2D eigenvalue weighted by atomic mass is 10.1. The summed E-state index contributed by atoms with van der Waals surface area (Å²) in [6.45, 7) is 1.73. The van der Waals surface area contributed by atoms with Crippen LogP contribution in [-0.2, 0) is 4.79 Å². The van der Waals surface area contributed by atoms with E-state index in [1.165, 1.54) is 4.70 Å². The van der Waals surface area contributed by atoms with Crippen LogP contribution in [0.25, 0.3) is 10.2 Å². The van der Waals surface area contributed by atoms with E-state index >= 15 is 0 Å². The molecule has 1 amide bonds. The minimum atomic E-state index is 0. The van der Waals surface area contributed by atoms with Crippen molar-refractivity contribution in [3.8, 4) is 0 Å². The number of amides is 1. The maximum atomic E-state index is 12.2. The Kier molecular flexibility index (Phi) is 6.50. The summed E-state index contributed by atoms with van der Waals surface area (Å²) in [7, 11) is 1.99. The van der Waals surface area contributed by atoms with Crippen molar-refractivity contribution in [2.45, 2.75) is 23.2 Å². The predicted octanol–water partition coefficient (Wildman–Crippen LogP) is 3.02. The zero-order valence-electron chi connectivity index (χ0n) is 12.4. The van der Waals surface area contributed by atoms with E-state index in [2.05, 4.69) is 16.4 Å². The molecule has 1 fully saturated rings. The molecule has 1 saturated heterocycles. The van der Waals surface area contributed by atoms with Crippen LogP contribution in [0.1, 0.15) is 12.8 Å². The number of hydrogen-bond donors (Lipinski definition) is 1. The number of thioether (sulfide) groups is 1. The largest absolute Gasteiger partial charge is 0.342 e. The Morgan fingerprint density at radius 2 is 2.14 bits per heavy atom. The average molecular weight is 358 g/mol. The van der Waals surface area contributed by atoms with Crippen molar-refractivity contribution >= 4 is 51.6 Å². The summed E-state index contributed by atoms with van der Waals surface area (Å²) in [5.74, 6) is 0.721. The Morgan fingerprint density at radius 1 is 1.41 bits per heavy atom. The topological polar surface area (TPSA) is 45.2 Å². The van der Waals surface area contributed by atoms with Gasteiger partial charge in [-0.3, -0.25) is 4.79 Å². The Bertz CT molecular complexity index is 593. The van der Waals surface area contributed by atoms with Crippen LogP contribution in [0.15, 0.2) is 28.6 Å².